The number of hydrogen-bond donors (Lipinski definition) is 1. The van der Waals surface area contributed by atoms with Crippen molar-refractivity contribution in [3.05, 3.63) is 36.4 Å². The summed E-state index contributed by atoms with van der Waals surface area (Å²) in [5.41, 5.74) is 7.04. The summed E-state index contributed by atoms with van der Waals surface area (Å²) in [6, 6.07) is 6.16. The van der Waals surface area contributed by atoms with Gasteiger partial charge in [0.15, 0.2) is 17.5 Å². The molecule has 1 aromatic rings. The molecule has 1 atom stereocenters. The van der Waals surface area contributed by atoms with E-state index in [0.29, 0.717) is 32.3 Å². The standard InChI is InChI=1S/C14H17N3O2/c1-2-5-17-11(9-16-14(17)15)10-3-4-12-13(8-10)19-7-6-18-12/h2-4,8,11H,1,5-7,9H2,(H2,15,16). The first-order chi connectivity index (χ1) is 9.29. The number of guanidine groups is 1. The molecule has 1 aromatic carbocycles. The van der Waals surface area contributed by atoms with Crippen LogP contribution in [0.2, 0.25) is 0 Å². The summed E-state index contributed by atoms with van der Waals surface area (Å²) in [6.07, 6.45) is 1.83. The largest absolute Gasteiger partial charge is 0.486 e. The Morgan fingerprint density at radius 2 is 2.16 bits per heavy atom. The summed E-state index contributed by atoms with van der Waals surface area (Å²) in [6.45, 7) is 6.31. The van der Waals surface area contributed by atoms with E-state index >= 15 is 0 Å². The third-order valence-corrected chi connectivity index (χ3v) is 3.37. The van der Waals surface area contributed by atoms with E-state index in [1.54, 1.807) is 0 Å². The zero-order valence-corrected chi connectivity index (χ0v) is 10.7. The minimum Gasteiger partial charge on any atom is -0.486 e. The zero-order chi connectivity index (χ0) is 13.2. The van der Waals surface area contributed by atoms with Crippen LogP contribution in [0.1, 0.15) is 11.6 Å². The van der Waals surface area contributed by atoms with Crippen LogP contribution in [0.4, 0.5) is 0 Å². The Hall–Kier alpha value is -2.17. The third-order valence-electron chi connectivity index (χ3n) is 3.37. The summed E-state index contributed by atoms with van der Waals surface area (Å²) < 4.78 is 11.1. The topological polar surface area (TPSA) is 60.1 Å². The summed E-state index contributed by atoms with van der Waals surface area (Å²) >= 11 is 0. The van der Waals surface area contributed by atoms with Gasteiger partial charge in [0.05, 0.1) is 12.6 Å². The van der Waals surface area contributed by atoms with Gasteiger partial charge in [0.1, 0.15) is 13.2 Å². The van der Waals surface area contributed by atoms with Gasteiger partial charge in [-0.25, -0.2) is 0 Å². The average molecular weight is 259 g/mol. The van der Waals surface area contributed by atoms with E-state index in [1.807, 2.05) is 29.2 Å². The number of fused-ring (bicyclic) bond motifs is 1. The lowest BCUT2D eigenvalue weighted by molar-refractivity contribution is 0.171. The molecular weight excluding hydrogens is 242 g/mol. The monoisotopic (exact) mass is 259 g/mol. The highest BCUT2D eigenvalue weighted by Crippen LogP contribution is 2.35. The molecule has 3 rings (SSSR count). The second-order valence-corrected chi connectivity index (χ2v) is 4.56. The number of benzene rings is 1. The van der Waals surface area contributed by atoms with Crippen molar-refractivity contribution in [2.75, 3.05) is 26.3 Å². The number of nitrogens with zero attached hydrogens (tertiary/aromatic N) is 2. The highest BCUT2D eigenvalue weighted by atomic mass is 16.6. The Labute approximate surface area is 112 Å². The van der Waals surface area contributed by atoms with Crippen LogP contribution in [0.15, 0.2) is 35.8 Å². The normalized spacial score (nSPS) is 21.2. The Kier molecular flexibility index (Phi) is 3.03. The molecule has 2 aliphatic rings. The van der Waals surface area contributed by atoms with Crippen molar-refractivity contribution < 1.29 is 9.47 Å². The summed E-state index contributed by atoms with van der Waals surface area (Å²) in [7, 11) is 0. The first kappa shape index (κ1) is 11.9. The van der Waals surface area contributed by atoms with E-state index in [9.17, 15) is 0 Å². The quantitative estimate of drug-likeness (QED) is 0.832. The van der Waals surface area contributed by atoms with Crippen LogP contribution >= 0.6 is 0 Å². The van der Waals surface area contributed by atoms with Crippen LogP contribution in [0.25, 0.3) is 0 Å². The number of nitrogens with two attached hydrogens (primary N) is 1. The van der Waals surface area contributed by atoms with Crippen LogP contribution in [0, 0.1) is 0 Å². The van der Waals surface area contributed by atoms with Gasteiger partial charge in [-0.2, -0.15) is 0 Å². The van der Waals surface area contributed by atoms with Crippen molar-refractivity contribution in [3.8, 4) is 11.5 Å². The molecule has 5 heteroatoms. The van der Waals surface area contributed by atoms with Crippen molar-refractivity contribution in [2.24, 2.45) is 10.7 Å². The van der Waals surface area contributed by atoms with Gasteiger partial charge in [-0.3, -0.25) is 4.99 Å². The first-order valence-corrected chi connectivity index (χ1v) is 6.36. The van der Waals surface area contributed by atoms with E-state index in [-0.39, 0.29) is 6.04 Å². The summed E-state index contributed by atoms with van der Waals surface area (Å²) in [5, 5.41) is 0. The Morgan fingerprint density at radius 1 is 1.37 bits per heavy atom. The SMILES string of the molecule is C=CCN1C(N)=NCC1c1ccc2c(c1)OCCO2. The van der Waals surface area contributed by atoms with Crippen molar-refractivity contribution >= 4 is 5.96 Å². The molecule has 5 nitrogen and oxygen atoms in total. The van der Waals surface area contributed by atoms with E-state index < -0.39 is 0 Å². The molecule has 0 saturated heterocycles. The van der Waals surface area contributed by atoms with E-state index in [1.165, 1.54) is 0 Å². The van der Waals surface area contributed by atoms with Gasteiger partial charge in [-0.15, -0.1) is 6.58 Å². The van der Waals surface area contributed by atoms with Crippen LogP contribution in [0.5, 0.6) is 11.5 Å². The fourth-order valence-corrected chi connectivity index (χ4v) is 2.44. The second-order valence-electron chi connectivity index (χ2n) is 4.56. The molecule has 2 aliphatic heterocycles. The molecule has 0 radical (unpaired) electrons. The third kappa shape index (κ3) is 2.12. The van der Waals surface area contributed by atoms with Crippen molar-refractivity contribution in [2.45, 2.75) is 6.04 Å². The zero-order valence-electron chi connectivity index (χ0n) is 10.7. The maximum absolute atomic E-state index is 5.90. The lowest BCUT2D eigenvalue weighted by atomic mass is 10.1. The van der Waals surface area contributed by atoms with E-state index in [4.69, 9.17) is 15.2 Å². The summed E-state index contributed by atoms with van der Waals surface area (Å²) in [5.74, 6) is 2.17. The van der Waals surface area contributed by atoms with Crippen LogP contribution in [-0.4, -0.2) is 37.2 Å². The Balaban J connectivity index is 1.88. The van der Waals surface area contributed by atoms with Gasteiger partial charge in [-0.05, 0) is 17.7 Å². The first-order valence-electron chi connectivity index (χ1n) is 6.36. The molecule has 0 aliphatic carbocycles. The van der Waals surface area contributed by atoms with Crippen molar-refractivity contribution in [3.63, 3.8) is 0 Å². The molecule has 0 spiro atoms. The molecule has 0 bridgehead atoms. The lowest BCUT2D eigenvalue weighted by Gasteiger charge is -2.26. The Bertz CT molecular complexity index is 527. The fourth-order valence-electron chi connectivity index (χ4n) is 2.44. The number of hydrogen-bond acceptors (Lipinski definition) is 5. The highest BCUT2D eigenvalue weighted by molar-refractivity contribution is 5.80. The second kappa shape index (κ2) is 4.84. The minimum atomic E-state index is 0.147. The maximum atomic E-state index is 5.90. The van der Waals surface area contributed by atoms with E-state index in [2.05, 4.69) is 11.6 Å². The molecule has 0 saturated carbocycles. The van der Waals surface area contributed by atoms with Crippen LogP contribution in [-0.2, 0) is 0 Å². The van der Waals surface area contributed by atoms with Gasteiger partial charge in [0.25, 0.3) is 0 Å². The van der Waals surface area contributed by atoms with Crippen LogP contribution < -0.4 is 15.2 Å². The van der Waals surface area contributed by atoms with Gasteiger partial charge in [-0.1, -0.05) is 12.1 Å². The minimum absolute atomic E-state index is 0.147. The van der Waals surface area contributed by atoms with E-state index in [0.717, 1.165) is 17.1 Å². The maximum Gasteiger partial charge on any atom is 0.192 e. The van der Waals surface area contributed by atoms with Gasteiger partial charge in [0, 0.05) is 6.54 Å². The number of rotatable bonds is 3. The molecule has 100 valence electrons. The fraction of sp³-hybridized carbons (Fsp3) is 0.357. The van der Waals surface area contributed by atoms with Crippen LogP contribution in [0.3, 0.4) is 0 Å². The average Bonchev–Trinajstić information content (AvgIpc) is 2.80. The molecular formula is C14H17N3O2. The number of aliphatic imine (C=N–C) groups is 1. The van der Waals surface area contributed by atoms with Crippen molar-refractivity contribution in [1.82, 2.24) is 4.90 Å². The Morgan fingerprint density at radius 3 is 2.95 bits per heavy atom. The molecule has 0 fully saturated rings. The van der Waals surface area contributed by atoms with Gasteiger partial charge in [0.2, 0.25) is 0 Å². The predicted octanol–water partition coefficient (Wildman–Crippen LogP) is 1.32. The summed E-state index contributed by atoms with van der Waals surface area (Å²) in [4.78, 5) is 6.35. The molecule has 0 amide bonds. The van der Waals surface area contributed by atoms with Crippen molar-refractivity contribution in [1.29, 1.82) is 0 Å². The lowest BCUT2D eigenvalue weighted by Crippen LogP contribution is -2.36. The number of ether oxygens (including phenoxy) is 2. The van der Waals surface area contributed by atoms with Gasteiger partial charge < -0.3 is 20.1 Å². The highest BCUT2D eigenvalue weighted by Gasteiger charge is 2.27. The molecule has 19 heavy (non-hydrogen) atoms. The molecule has 2 N–H and O–H groups in total. The van der Waals surface area contributed by atoms with Gasteiger partial charge >= 0.3 is 0 Å². The molecule has 2 heterocycles. The molecule has 1 unspecified atom stereocenters. The molecule has 0 aromatic heterocycles. The smallest absolute Gasteiger partial charge is 0.192 e. The predicted molar refractivity (Wildman–Crippen MR) is 73.6 cm³/mol.